The molecule has 0 fully saturated rings. The monoisotopic (exact) mass is 245 g/mol. The normalized spacial score (nSPS) is 12.2. The lowest BCUT2D eigenvalue weighted by atomic mass is 10.0. The quantitative estimate of drug-likeness (QED) is 0.721. The lowest BCUT2D eigenvalue weighted by Crippen LogP contribution is -2.32. The Kier molecular flexibility index (Phi) is 3.74. The number of carboxylic acid groups (broad SMARTS) is 2. The summed E-state index contributed by atoms with van der Waals surface area (Å²) < 4.78 is 26.4. The Bertz CT molecular complexity index is 452. The van der Waals surface area contributed by atoms with Gasteiger partial charge in [-0.1, -0.05) is 0 Å². The molecule has 92 valence electrons. The highest BCUT2D eigenvalue weighted by atomic mass is 19.1. The molecular weight excluding hydrogens is 236 g/mol. The first-order chi connectivity index (χ1) is 7.82. The fraction of sp³-hybridized carbons (Fsp3) is 0.200. The Labute approximate surface area is 94.5 Å². The fourth-order valence-corrected chi connectivity index (χ4v) is 1.29. The third kappa shape index (κ3) is 2.97. The average molecular weight is 245 g/mol. The van der Waals surface area contributed by atoms with Crippen LogP contribution in [0.2, 0.25) is 0 Å². The third-order valence-corrected chi connectivity index (χ3v) is 2.09. The Morgan fingerprint density at radius 3 is 2.06 bits per heavy atom. The summed E-state index contributed by atoms with van der Waals surface area (Å²) in [6.07, 6.45) is -0.289. The van der Waals surface area contributed by atoms with Gasteiger partial charge in [-0.15, -0.1) is 0 Å². The minimum absolute atomic E-state index is 0.0140. The molecule has 1 atom stereocenters. The van der Waals surface area contributed by atoms with Crippen molar-refractivity contribution in [1.29, 1.82) is 0 Å². The molecule has 0 aliphatic rings. The van der Waals surface area contributed by atoms with Gasteiger partial charge < -0.3 is 15.9 Å². The van der Waals surface area contributed by atoms with Crippen molar-refractivity contribution in [3.05, 3.63) is 34.9 Å². The molecule has 0 saturated carbocycles. The molecule has 7 heteroatoms. The molecule has 0 spiro atoms. The Morgan fingerprint density at radius 1 is 1.24 bits per heavy atom. The van der Waals surface area contributed by atoms with E-state index in [1.807, 2.05) is 0 Å². The summed E-state index contributed by atoms with van der Waals surface area (Å²) in [5.74, 6) is -5.56. The van der Waals surface area contributed by atoms with Gasteiger partial charge in [0.1, 0.15) is 23.2 Å². The molecule has 4 N–H and O–H groups in total. The first-order valence-corrected chi connectivity index (χ1v) is 4.52. The SMILES string of the molecule is NC(Cc1cc(F)c(C(=O)O)c(F)c1)C(=O)O. The predicted octanol–water partition coefficient (Wildman–Crippen LogP) is 0.617. The van der Waals surface area contributed by atoms with Crippen LogP contribution in [0.25, 0.3) is 0 Å². The topological polar surface area (TPSA) is 101 Å². The molecule has 0 aliphatic heterocycles. The van der Waals surface area contributed by atoms with Crippen molar-refractivity contribution in [3.63, 3.8) is 0 Å². The van der Waals surface area contributed by atoms with Crippen molar-refractivity contribution in [3.8, 4) is 0 Å². The molecule has 0 amide bonds. The molecule has 1 unspecified atom stereocenters. The maximum absolute atomic E-state index is 13.2. The Hall–Kier alpha value is -2.02. The number of hydrogen-bond acceptors (Lipinski definition) is 3. The van der Waals surface area contributed by atoms with Gasteiger partial charge in [0, 0.05) is 0 Å². The van der Waals surface area contributed by atoms with Crippen molar-refractivity contribution >= 4 is 11.9 Å². The van der Waals surface area contributed by atoms with Crippen LogP contribution >= 0.6 is 0 Å². The number of nitrogens with two attached hydrogens (primary N) is 1. The van der Waals surface area contributed by atoms with Crippen molar-refractivity contribution in [2.75, 3.05) is 0 Å². The summed E-state index contributed by atoms with van der Waals surface area (Å²) in [6, 6.07) is 0.217. The van der Waals surface area contributed by atoms with Crippen molar-refractivity contribution in [1.82, 2.24) is 0 Å². The molecule has 1 aromatic rings. The molecule has 5 nitrogen and oxygen atoms in total. The number of carboxylic acids is 2. The van der Waals surface area contributed by atoms with E-state index in [9.17, 15) is 18.4 Å². The highest BCUT2D eigenvalue weighted by Crippen LogP contribution is 2.16. The predicted molar refractivity (Wildman–Crippen MR) is 52.6 cm³/mol. The number of carbonyl (C=O) groups is 2. The van der Waals surface area contributed by atoms with Gasteiger partial charge in [-0.2, -0.15) is 0 Å². The van der Waals surface area contributed by atoms with Gasteiger partial charge in [0.25, 0.3) is 0 Å². The number of aliphatic carboxylic acids is 1. The summed E-state index contributed by atoms with van der Waals surface area (Å²) in [7, 11) is 0. The fourth-order valence-electron chi connectivity index (χ4n) is 1.29. The van der Waals surface area contributed by atoms with E-state index in [1.165, 1.54) is 0 Å². The maximum atomic E-state index is 13.2. The highest BCUT2D eigenvalue weighted by molar-refractivity contribution is 5.88. The van der Waals surface area contributed by atoms with Crippen molar-refractivity contribution < 1.29 is 28.6 Å². The van der Waals surface area contributed by atoms with Crippen molar-refractivity contribution in [2.45, 2.75) is 12.5 Å². The van der Waals surface area contributed by atoms with E-state index in [2.05, 4.69) is 0 Å². The van der Waals surface area contributed by atoms with Crippen LogP contribution in [0.1, 0.15) is 15.9 Å². The molecule has 0 heterocycles. The van der Waals surface area contributed by atoms with E-state index in [0.717, 1.165) is 12.1 Å². The minimum Gasteiger partial charge on any atom is -0.480 e. The first kappa shape index (κ1) is 13.0. The van der Waals surface area contributed by atoms with E-state index in [1.54, 1.807) is 0 Å². The van der Waals surface area contributed by atoms with Gasteiger partial charge in [0.2, 0.25) is 0 Å². The standard InChI is InChI=1S/C10H9F2NO4/c11-5-1-4(3-7(13)9(14)15)2-6(12)8(5)10(16)17/h1-2,7H,3,13H2,(H,14,15)(H,16,17). The zero-order valence-corrected chi connectivity index (χ0v) is 8.48. The molecule has 1 aromatic carbocycles. The summed E-state index contributed by atoms with van der Waals surface area (Å²) in [5.41, 5.74) is 4.10. The maximum Gasteiger partial charge on any atom is 0.341 e. The molecule has 17 heavy (non-hydrogen) atoms. The van der Waals surface area contributed by atoms with Crippen LogP contribution in [0.4, 0.5) is 8.78 Å². The van der Waals surface area contributed by atoms with Crippen LogP contribution in [0.5, 0.6) is 0 Å². The second-order valence-electron chi connectivity index (χ2n) is 3.39. The molecule has 1 rings (SSSR count). The summed E-state index contributed by atoms with van der Waals surface area (Å²) in [4.78, 5) is 20.9. The number of halogens is 2. The smallest absolute Gasteiger partial charge is 0.341 e. The molecule has 0 aliphatic carbocycles. The summed E-state index contributed by atoms with van der Waals surface area (Å²) >= 11 is 0. The number of hydrogen-bond donors (Lipinski definition) is 3. The van der Waals surface area contributed by atoms with Crippen LogP contribution in [0.3, 0.4) is 0 Å². The zero-order valence-electron chi connectivity index (χ0n) is 8.48. The van der Waals surface area contributed by atoms with E-state index in [0.29, 0.717) is 0 Å². The van der Waals surface area contributed by atoms with Crippen molar-refractivity contribution in [2.24, 2.45) is 5.73 Å². The van der Waals surface area contributed by atoms with Gasteiger partial charge in [-0.3, -0.25) is 4.79 Å². The van der Waals surface area contributed by atoms with Crippen LogP contribution in [0, 0.1) is 11.6 Å². The summed E-state index contributed by atoms with van der Waals surface area (Å²) in [6.45, 7) is 0. The second kappa shape index (κ2) is 4.88. The number of rotatable bonds is 4. The van der Waals surface area contributed by atoms with E-state index in [-0.39, 0.29) is 12.0 Å². The Morgan fingerprint density at radius 2 is 1.71 bits per heavy atom. The van der Waals surface area contributed by atoms with Gasteiger partial charge in [-0.05, 0) is 24.1 Å². The Balaban J connectivity index is 3.06. The van der Waals surface area contributed by atoms with Crippen LogP contribution < -0.4 is 5.73 Å². The largest absolute Gasteiger partial charge is 0.480 e. The molecular formula is C10H9F2NO4. The molecule has 0 radical (unpaired) electrons. The van der Waals surface area contributed by atoms with Crippen LogP contribution in [-0.4, -0.2) is 28.2 Å². The molecule has 0 bridgehead atoms. The highest BCUT2D eigenvalue weighted by Gasteiger charge is 2.19. The second-order valence-corrected chi connectivity index (χ2v) is 3.39. The van der Waals surface area contributed by atoms with Gasteiger partial charge in [-0.25, -0.2) is 13.6 Å². The average Bonchev–Trinajstić information content (AvgIpc) is 2.15. The molecule has 0 saturated heterocycles. The van der Waals surface area contributed by atoms with E-state index in [4.69, 9.17) is 15.9 Å². The summed E-state index contributed by atoms with van der Waals surface area (Å²) in [5, 5.41) is 17.0. The van der Waals surface area contributed by atoms with Crippen LogP contribution in [0.15, 0.2) is 12.1 Å². The lowest BCUT2D eigenvalue weighted by molar-refractivity contribution is -0.138. The van der Waals surface area contributed by atoms with Gasteiger partial charge in [0.15, 0.2) is 0 Å². The minimum atomic E-state index is -1.73. The first-order valence-electron chi connectivity index (χ1n) is 4.52. The van der Waals surface area contributed by atoms with E-state index >= 15 is 0 Å². The third-order valence-electron chi connectivity index (χ3n) is 2.09. The van der Waals surface area contributed by atoms with Gasteiger partial charge in [0.05, 0.1) is 0 Å². The zero-order chi connectivity index (χ0) is 13.2. The van der Waals surface area contributed by atoms with Gasteiger partial charge >= 0.3 is 11.9 Å². The van der Waals surface area contributed by atoms with Crippen LogP contribution in [-0.2, 0) is 11.2 Å². The lowest BCUT2D eigenvalue weighted by Gasteiger charge is -2.08. The number of aromatic carboxylic acids is 1. The van der Waals surface area contributed by atoms with E-state index < -0.39 is 35.2 Å². The number of benzene rings is 1. The molecule has 0 aromatic heterocycles.